The summed E-state index contributed by atoms with van der Waals surface area (Å²) in [7, 11) is 0. The van der Waals surface area contributed by atoms with Gasteiger partial charge in [0.2, 0.25) is 0 Å². The summed E-state index contributed by atoms with van der Waals surface area (Å²) < 4.78 is 1.12. The maximum Gasteiger partial charge on any atom is 0.0499 e. The van der Waals surface area contributed by atoms with Gasteiger partial charge in [0.15, 0.2) is 0 Å². The van der Waals surface area contributed by atoms with Crippen LogP contribution in [-0.2, 0) is 0 Å². The number of hydrogen-bond donors (Lipinski definition) is 1. The first-order valence-electron chi connectivity index (χ1n) is 6.40. The van der Waals surface area contributed by atoms with E-state index in [1.54, 1.807) is 0 Å². The molecule has 2 unspecified atom stereocenters. The van der Waals surface area contributed by atoms with Crippen molar-refractivity contribution in [1.29, 1.82) is 0 Å². The van der Waals surface area contributed by atoms with Crippen molar-refractivity contribution < 1.29 is 0 Å². The first-order chi connectivity index (χ1) is 8.13. The Labute approximate surface area is 112 Å². The fourth-order valence-corrected chi connectivity index (χ4v) is 2.81. The minimum absolute atomic E-state index is 0.164. The van der Waals surface area contributed by atoms with Gasteiger partial charge < -0.3 is 5.73 Å². The molecule has 1 aromatic carbocycles. The van der Waals surface area contributed by atoms with Crippen molar-refractivity contribution in [3.63, 3.8) is 0 Å². The van der Waals surface area contributed by atoms with Crippen LogP contribution in [-0.4, -0.2) is 23.5 Å². The molecule has 0 bridgehead atoms. The van der Waals surface area contributed by atoms with Crippen LogP contribution in [0.5, 0.6) is 0 Å². The smallest absolute Gasteiger partial charge is 0.0499 e. The minimum Gasteiger partial charge on any atom is -0.326 e. The average Bonchev–Trinajstić information content (AvgIpc) is 3.11. The van der Waals surface area contributed by atoms with E-state index in [2.05, 4.69) is 58.9 Å². The van der Waals surface area contributed by atoms with Gasteiger partial charge in [-0.15, -0.1) is 0 Å². The molecule has 94 valence electrons. The van der Waals surface area contributed by atoms with Gasteiger partial charge in [-0.05, 0) is 44.0 Å². The number of rotatable bonds is 5. The van der Waals surface area contributed by atoms with Crippen LogP contribution >= 0.6 is 15.9 Å². The summed E-state index contributed by atoms with van der Waals surface area (Å²) in [6, 6.07) is 9.83. The van der Waals surface area contributed by atoms with E-state index in [4.69, 9.17) is 5.73 Å². The molecule has 1 aliphatic carbocycles. The molecule has 0 heterocycles. The lowest BCUT2D eigenvalue weighted by Crippen LogP contribution is -2.40. The van der Waals surface area contributed by atoms with Gasteiger partial charge in [-0.25, -0.2) is 0 Å². The lowest BCUT2D eigenvalue weighted by molar-refractivity contribution is 0.176. The third-order valence-electron chi connectivity index (χ3n) is 3.45. The third-order valence-corrected chi connectivity index (χ3v) is 3.98. The number of nitrogens with two attached hydrogens (primary N) is 1. The van der Waals surface area contributed by atoms with Crippen molar-refractivity contribution in [2.24, 2.45) is 5.73 Å². The maximum atomic E-state index is 6.20. The molecule has 0 aliphatic heterocycles. The number of hydrogen-bond acceptors (Lipinski definition) is 2. The summed E-state index contributed by atoms with van der Waals surface area (Å²) in [6.45, 7) is 5.41. The van der Waals surface area contributed by atoms with Crippen molar-refractivity contribution in [3.05, 3.63) is 34.3 Å². The van der Waals surface area contributed by atoms with E-state index in [1.165, 1.54) is 18.4 Å². The lowest BCUT2D eigenvalue weighted by Gasteiger charge is -2.34. The van der Waals surface area contributed by atoms with Crippen LogP contribution in [0.1, 0.15) is 38.3 Å². The quantitative estimate of drug-likeness (QED) is 0.903. The van der Waals surface area contributed by atoms with E-state index >= 15 is 0 Å². The highest BCUT2D eigenvalue weighted by molar-refractivity contribution is 9.10. The molecular formula is C14H21BrN2. The van der Waals surface area contributed by atoms with Crippen molar-refractivity contribution in [3.8, 4) is 0 Å². The molecule has 1 aromatic rings. The lowest BCUT2D eigenvalue weighted by atomic mass is 9.99. The first-order valence-corrected chi connectivity index (χ1v) is 7.19. The molecular weight excluding hydrogens is 276 g/mol. The molecule has 0 amide bonds. The normalized spacial score (nSPS) is 19.4. The van der Waals surface area contributed by atoms with Crippen molar-refractivity contribution >= 4 is 15.9 Å². The highest BCUT2D eigenvalue weighted by atomic mass is 79.9. The highest BCUT2D eigenvalue weighted by Crippen LogP contribution is 2.35. The second-order valence-corrected chi connectivity index (χ2v) is 5.83. The third kappa shape index (κ3) is 3.09. The minimum atomic E-state index is 0.164. The Balaban J connectivity index is 2.24. The molecule has 0 spiro atoms. The molecule has 0 saturated heterocycles. The molecule has 1 fully saturated rings. The number of benzene rings is 1. The molecule has 17 heavy (non-hydrogen) atoms. The van der Waals surface area contributed by atoms with Crippen LogP contribution in [0.15, 0.2) is 28.7 Å². The van der Waals surface area contributed by atoms with Crippen LogP contribution < -0.4 is 5.73 Å². The Morgan fingerprint density at radius 1 is 1.35 bits per heavy atom. The van der Waals surface area contributed by atoms with Gasteiger partial charge in [0, 0.05) is 22.6 Å². The Bertz CT molecular complexity index is 357. The van der Waals surface area contributed by atoms with Crippen LogP contribution in [0.3, 0.4) is 0 Å². The largest absolute Gasteiger partial charge is 0.326 e. The van der Waals surface area contributed by atoms with E-state index in [-0.39, 0.29) is 6.04 Å². The van der Waals surface area contributed by atoms with Gasteiger partial charge in [-0.2, -0.15) is 0 Å². The predicted octanol–water partition coefficient (Wildman–Crippen LogP) is 3.32. The van der Waals surface area contributed by atoms with Gasteiger partial charge in [-0.1, -0.05) is 35.0 Å². The second-order valence-electron chi connectivity index (χ2n) is 4.92. The standard InChI is InChI=1S/C14H21BrN2/c1-3-17(13-8-9-13)14(10(2)16)11-4-6-12(15)7-5-11/h4-7,10,13-14H,3,8-9,16H2,1-2H3. The van der Waals surface area contributed by atoms with E-state index in [1.807, 2.05) is 0 Å². The molecule has 2 atom stereocenters. The molecule has 2 nitrogen and oxygen atoms in total. The van der Waals surface area contributed by atoms with Gasteiger partial charge in [0.1, 0.15) is 0 Å². The van der Waals surface area contributed by atoms with Gasteiger partial charge in [0.05, 0.1) is 0 Å². The molecule has 0 radical (unpaired) electrons. The monoisotopic (exact) mass is 296 g/mol. The van der Waals surface area contributed by atoms with Crippen LogP contribution in [0.2, 0.25) is 0 Å². The SMILES string of the molecule is CCN(C1CC1)C(c1ccc(Br)cc1)C(C)N. The van der Waals surface area contributed by atoms with Gasteiger partial charge >= 0.3 is 0 Å². The second kappa shape index (κ2) is 5.51. The summed E-state index contributed by atoms with van der Waals surface area (Å²) in [5.41, 5.74) is 7.53. The first kappa shape index (κ1) is 13.1. The predicted molar refractivity (Wildman–Crippen MR) is 75.9 cm³/mol. The molecule has 2 rings (SSSR count). The molecule has 2 N–H and O–H groups in total. The van der Waals surface area contributed by atoms with E-state index in [0.29, 0.717) is 6.04 Å². The fraction of sp³-hybridized carbons (Fsp3) is 0.571. The van der Waals surface area contributed by atoms with E-state index in [0.717, 1.165) is 17.1 Å². The summed E-state index contributed by atoms with van der Waals surface area (Å²) in [5.74, 6) is 0. The molecule has 1 aliphatic rings. The van der Waals surface area contributed by atoms with Crippen molar-refractivity contribution in [2.45, 2.75) is 44.8 Å². The van der Waals surface area contributed by atoms with Gasteiger partial charge in [-0.3, -0.25) is 4.90 Å². The van der Waals surface area contributed by atoms with E-state index < -0.39 is 0 Å². The fourth-order valence-electron chi connectivity index (χ4n) is 2.55. The zero-order valence-electron chi connectivity index (χ0n) is 10.6. The summed E-state index contributed by atoms with van der Waals surface area (Å²) in [4.78, 5) is 2.55. The molecule has 0 aromatic heterocycles. The van der Waals surface area contributed by atoms with Crippen LogP contribution in [0.4, 0.5) is 0 Å². The van der Waals surface area contributed by atoms with E-state index in [9.17, 15) is 0 Å². The zero-order chi connectivity index (χ0) is 12.4. The van der Waals surface area contributed by atoms with Crippen molar-refractivity contribution in [2.75, 3.05) is 6.54 Å². The summed E-state index contributed by atoms with van der Waals surface area (Å²) in [5, 5.41) is 0. The van der Waals surface area contributed by atoms with Crippen LogP contribution in [0, 0.1) is 0 Å². The number of likely N-dealkylation sites (N-methyl/N-ethyl adjacent to an activating group) is 1. The maximum absolute atomic E-state index is 6.20. The Hall–Kier alpha value is -0.380. The Kier molecular flexibility index (Phi) is 4.23. The molecule has 1 saturated carbocycles. The number of nitrogens with zero attached hydrogens (tertiary/aromatic N) is 1. The van der Waals surface area contributed by atoms with Crippen LogP contribution in [0.25, 0.3) is 0 Å². The summed E-state index contributed by atoms with van der Waals surface area (Å²) >= 11 is 3.48. The number of halogens is 1. The Morgan fingerprint density at radius 3 is 2.35 bits per heavy atom. The van der Waals surface area contributed by atoms with Crippen molar-refractivity contribution in [1.82, 2.24) is 4.90 Å². The molecule has 3 heteroatoms. The van der Waals surface area contributed by atoms with Gasteiger partial charge in [0.25, 0.3) is 0 Å². The average molecular weight is 297 g/mol. The zero-order valence-corrected chi connectivity index (χ0v) is 12.2. The Morgan fingerprint density at radius 2 is 1.94 bits per heavy atom. The topological polar surface area (TPSA) is 29.3 Å². The highest BCUT2D eigenvalue weighted by Gasteiger charge is 2.34. The summed E-state index contributed by atoms with van der Waals surface area (Å²) in [6.07, 6.45) is 2.65.